The van der Waals surface area contributed by atoms with Crippen LogP contribution in [0, 0.1) is 5.92 Å². The molecule has 1 aromatic rings. The molecule has 0 aliphatic rings. The van der Waals surface area contributed by atoms with Gasteiger partial charge in [0.25, 0.3) is 0 Å². The number of hydrogen-bond acceptors (Lipinski definition) is 5. The van der Waals surface area contributed by atoms with Gasteiger partial charge in [-0.25, -0.2) is 0 Å². The first-order valence-corrected chi connectivity index (χ1v) is 7.18. The average molecular weight is 298 g/mol. The molecule has 21 heavy (non-hydrogen) atoms. The van der Waals surface area contributed by atoms with Gasteiger partial charge in [-0.05, 0) is 30.0 Å². The summed E-state index contributed by atoms with van der Waals surface area (Å²) < 4.78 is 21.8. The predicted octanol–water partition coefficient (Wildman–Crippen LogP) is 2.64. The van der Waals surface area contributed by atoms with E-state index in [1.54, 1.807) is 26.4 Å². The third-order valence-electron chi connectivity index (χ3n) is 3.02. The van der Waals surface area contributed by atoms with Gasteiger partial charge in [-0.1, -0.05) is 13.8 Å². The lowest BCUT2D eigenvalue weighted by atomic mass is 10.1. The van der Waals surface area contributed by atoms with Crippen LogP contribution in [-0.2, 0) is 11.3 Å². The van der Waals surface area contributed by atoms with E-state index in [9.17, 15) is 5.11 Å². The minimum absolute atomic E-state index is 0.0781. The second-order valence-corrected chi connectivity index (χ2v) is 5.13. The summed E-state index contributed by atoms with van der Waals surface area (Å²) in [6.45, 7) is 5.92. The molecule has 5 heteroatoms. The van der Waals surface area contributed by atoms with E-state index in [0.717, 1.165) is 13.0 Å². The fourth-order valence-electron chi connectivity index (χ4n) is 1.79. The molecule has 0 unspecified atom stereocenters. The smallest absolute Gasteiger partial charge is 0.203 e. The first-order valence-electron chi connectivity index (χ1n) is 7.18. The number of hydrogen-bond donors (Lipinski definition) is 1. The Bertz CT molecular complexity index is 392. The lowest BCUT2D eigenvalue weighted by Gasteiger charge is -2.15. The summed E-state index contributed by atoms with van der Waals surface area (Å²) in [6, 6.07) is 3.47. The molecule has 0 radical (unpaired) electrons. The molecule has 0 aromatic heterocycles. The van der Waals surface area contributed by atoms with Crippen LogP contribution in [0.5, 0.6) is 17.2 Å². The maximum absolute atomic E-state index is 9.21. The van der Waals surface area contributed by atoms with E-state index in [0.29, 0.717) is 41.9 Å². The lowest BCUT2D eigenvalue weighted by Crippen LogP contribution is -2.10. The van der Waals surface area contributed by atoms with Gasteiger partial charge >= 0.3 is 0 Å². The molecular formula is C16H26O5. The summed E-state index contributed by atoms with van der Waals surface area (Å²) in [4.78, 5) is 0. The van der Waals surface area contributed by atoms with Crippen molar-refractivity contribution in [1.82, 2.24) is 0 Å². The Balaban J connectivity index is 2.57. The van der Waals surface area contributed by atoms with Gasteiger partial charge in [0.1, 0.15) is 6.61 Å². The average Bonchev–Trinajstić information content (AvgIpc) is 2.49. The van der Waals surface area contributed by atoms with Crippen LogP contribution < -0.4 is 14.2 Å². The van der Waals surface area contributed by atoms with Crippen LogP contribution in [0.25, 0.3) is 0 Å². The van der Waals surface area contributed by atoms with Crippen LogP contribution in [0.15, 0.2) is 12.1 Å². The first-order chi connectivity index (χ1) is 10.1. The van der Waals surface area contributed by atoms with Crippen molar-refractivity contribution >= 4 is 0 Å². The van der Waals surface area contributed by atoms with E-state index in [2.05, 4.69) is 13.8 Å². The third kappa shape index (κ3) is 5.81. The molecule has 0 fully saturated rings. The van der Waals surface area contributed by atoms with Crippen molar-refractivity contribution in [2.45, 2.75) is 26.9 Å². The Morgan fingerprint density at radius 3 is 2.10 bits per heavy atom. The van der Waals surface area contributed by atoms with E-state index in [1.807, 2.05) is 0 Å². The number of ether oxygens (including phenoxy) is 4. The molecule has 120 valence electrons. The van der Waals surface area contributed by atoms with E-state index in [4.69, 9.17) is 18.9 Å². The van der Waals surface area contributed by atoms with Gasteiger partial charge in [0.2, 0.25) is 5.75 Å². The minimum atomic E-state index is -0.0781. The predicted molar refractivity (Wildman–Crippen MR) is 81.2 cm³/mol. The Morgan fingerprint density at radius 1 is 1.00 bits per heavy atom. The van der Waals surface area contributed by atoms with Crippen LogP contribution in [0.1, 0.15) is 25.8 Å². The molecule has 0 aliphatic carbocycles. The number of aliphatic hydroxyl groups is 1. The summed E-state index contributed by atoms with van der Waals surface area (Å²) in [7, 11) is 3.11. The summed E-state index contributed by atoms with van der Waals surface area (Å²) >= 11 is 0. The highest BCUT2D eigenvalue weighted by molar-refractivity contribution is 5.53. The van der Waals surface area contributed by atoms with Crippen molar-refractivity contribution in [1.29, 1.82) is 0 Å². The highest BCUT2D eigenvalue weighted by Crippen LogP contribution is 2.38. The Hall–Kier alpha value is -1.46. The van der Waals surface area contributed by atoms with Crippen LogP contribution >= 0.6 is 0 Å². The van der Waals surface area contributed by atoms with Crippen molar-refractivity contribution < 1.29 is 24.1 Å². The van der Waals surface area contributed by atoms with E-state index in [-0.39, 0.29) is 6.61 Å². The first kappa shape index (κ1) is 17.6. The van der Waals surface area contributed by atoms with Crippen molar-refractivity contribution in [3.8, 4) is 17.2 Å². The summed E-state index contributed by atoms with van der Waals surface area (Å²) in [5.74, 6) is 2.25. The zero-order valence-electron chi connectivity index (χ0n) is 13.3. The van der Waals surface area contributed by atoms with Crippen LogP contribution in [0.2, 0.25) is 0 Å². The zero-order chi connectivity index (χ0) is 15.7. The van der Waals surface area contributed by atoms with Crippen LogP contribution in [-0.4, -0.2) is 39.1 Å². The molecule has 0 bridgehead atoms. The van der Waals surface area contributed by atoms with Crippen LogP contribution in [0.3, 0.4) is 0 Å². The number of aliphatic hydroxyl groups excluding tert-OH is 1. The molecule has 0 heterocycles. The van der Waals surface area contributed by atoms with Crippen molar-refractivity contribution in [3.63, 3.8) is 0 Å². The fourth-order valence-corrected chi connectivity index (χ4v) is 1.79. The molecule has 1 N–H and O–H groups in total. The molecule has 0 aliphatic heterocycles. The zero-order valence-corrected chi connectivity index (χ0v) is 13.3. The lowest BCUT2D eigenvalue weighted by molar-refractivity contribution is 0.0905. The van der Waals surface area contributed by atoms with Gasteiger partial charge < -0.3 is 24.1 Å². The summed E-state index contributed by atoms with van der Waals surface area (Å²) in [5.41, 5.74) is 0.712. The Kier molecular flexibility index (Phi) is 7.93. The maximum atomic E-state index is 9.21. The Labute approximate surface area is 126 Å². The second-order valence-electron chi connectivity index (χ2n) is 5.13. The molecule has 1 aromatic carbocycles. The summed E-state index contributed by atoms with van der Waals surface area (Å²) in [6.07, 6.45) is 1.04. The molecule has 1 rings (SSSR count). The standard InChI is InChI=1S/C16H26O5/c1-12(2)5-6-20-7-8-21-16-14(18-3)9-13(11-17)10-15(16)19-4/h9-10,12,17H,5-8,11H2,1-4H3. The number of methoxy groups -OCH3 is 2. The minimum Gasteiger partial charge on any atom is -0.493 e. The number of benzene rings is 1. The van der Waals surface area contributed by atoms with Crippen molar-refractivity contribution in [2.24, 2.45) is 5.92 Å². The van der Waals surface area contributed by atoms with Gasteiger partial charge in [0.05, 0.1) is 27.4 Å². The van der Waals surface area contributed by atoms with Crippen LogP contribution in [0.4, 0.5) is 0 Å². The highest BCUT2D eigenvalue weighted by atomic mass is 16.6. The van der Waals surface area contributed by atoms with E-state index in [1.165, 1.54) is 0 Å². The van der Waals surface area contributed by atoms with Gasteiger partial charge in [0, 0.05) is 6.61 Å². The molecule has 0 saturated heterocycles. The second kappa shape index (κ2) is 9.47. The molecule has 0 amide bonds. The normalized spacial score (nSPS) is 10.8. The molecule has 5 nitrogen and oxygen atoms in total. The quantitative estimate of drug-likeness (QED) is 0.673. The van der Waals surface area contributed by atoms with Gasteiger partial charge in [-0.15, -0.1) is 0 Å². The SMILES string of the molecule is COc1cc(CO)cc(OC)c1OCCOCCC(C)C. The molecule has 0 spiro atoms. The monoisotopic (exact) mass is 298 g/mol. The van der Waals surface area contributed by atoms with E-state index < -0.39 is 0 Å². The van der Waals surface area contributed by atoms with Gasteiger partial charge in [-0.2, -0.15) is 0 Å². The largest absolute Gasteiger partial charge is 0.493 e. The summed E-state index contributed by atoms with van der Waals surface area (Å²) in [5, 5.41) is 9.21. The topological polar surface area (TPSA) is 57.2 Å². The third-order valence-corrected chi connectivity index (χ3v) is 3.02. The highest BCUT2D eigenvalue weighted by Gasteiger charge is 2.13. The fraction of sp³-hybridized carbons (Fsp3) is 0.625. The molecule has 0 saturated carbocycles. The Morgan fingerprint density at radius 2 is 1.62 bits per heavy atom. The van der Waals surface area contributed by atoms with Gasteiger partial charge in [-0.3, -0.25) is 0 Å². The van der Waals surface area contributed by atoms with E-state index >= 15 is 0 Å². The molecular weight excluding hydrogens is 272 g/mol. The number of rotatable bonds is 10. The van der Waals surface area contributed by atoms with Gasteiger partial charge in [0.15, 0.2) is 11.5 Å². The maximum Gasteiger partial charge on any atom is 0.203 e. The van der Waals surface area contributed by atoms with Crippen molar-refractivity contribution in [3.05, 3.63) is 17.7 Å². The van der Waals surface area contributed by atoms with Crippen molar-refractivity contribution in [2.75, 3.05) is 34.0 Å². The molecule has 0 atom stereocenters.